The highest BCUT2D eigenvalue weighted by Crippen LogP contribution is 2.35. The Morgan fingerprint density at radius 1 is 1.28 bits per heavy atom. The number of methoxy groups -OCH3 is 1. The van der Waals surface area contributed by atoms with E-state index >= 15 is 0 Å². The van der Waals surface area contributed by atoms with Gasteiger partial charge in [-0.1, -0.05) is 6.07 Å². The zero-order valence-corrected chi connectivity index (χ0v) is 19.3. The van der Waals surface area contributed by atoms with Gasteiger partial charge >= 0.3 is 0 Å². The molecule has 0 fully saturated rings. The van der Waals surface area contributed by atoms with Gasteiger partial charge in [-0.05, 0) is 24.3 Å². The summed E-state index contributed by atoms with van der Waals surface area (Å²) in [5, 5.41) is 10.9. The van der Waals surface area contributed by atoms with E-state index in [9.17, 15) is 13.5 Å². The molecule has 9 nitrogen and oxygen atoms in total. The Balaban J connectivity index is 1.80. The quantitative estimate of drug-likeness (QED) is 0.455. The normalized spacial score (nSPS) is 16.3. The summed E-state index contributed by atoms with van der Waals surface area (Å²) in [6.07, 6.45) is 1.44. The molecule has 11 heteroatoms. The minimum absolute atomic E-state index is 0.00940. The number of anilines is 1. The highest BCUT2D eigenvalue weighted by molar-refractivity contribution is 8.14. The molecule has 2 N–H and O–H groups in total. The molecule has 1 aliphatic rings. The topological polar surface area (TPSA) is 117 Å². The number of hydrogen-bond donors (Lipinski definition) is 2. The molecule has 1 atom stereocenters. The Morgan fingerprint density at radius 3 is 2.81 bits per heavy atom. The number of aliphatic imine (C=N–C) groups is 1. The summed E-state index contributed by atoms with van der Waals surface area (Å²) in [6, 6.07) is 10.1. The van der Waals surface area contributed by atoms with Crippen molar-refractivity contribution >= 4 is 43.4 Å². The summed E-state index contributed by atoms with van der Waals surface area (Å²) in [5.41, 5.74) is 1.82. The first-order valence-electron chi connectivity index (χ1n) is 9.94. The summed E-state index contributed by atoms with van der Waals surface area (Å²) in [6.45, 7) is 0.727. The van der Waals surface area contributed by atoms with Gasteiger partial charge < -0.3 is 19.6 Å². The van der Waals surface area contributed by atoms with E-state index in [0.717, 1.165) is 16.1 Å². The molecule has 3 aromatic rings. The second-order valence-corrected chi connectivity index (χ2v) is 10.1. The number of hydrogen-bond acceptors (Lipinski definition) is 8. The lowest BCUT2D eigenvalue weighted by atomic mass is 10.2. The zero-order chi connectivity index (χ0) is 22.7. The number of aromatic nitrogens is 2. The first kappa shape index (κ1) is 22.6. The molecule has 0 saturated heterocycles. The standard InChI is InChI=1S/C21H24N4O5S2/c1-25(32(27,28)19-5-3-4-6-22-19)18-11-16(30-8-7-29-2)9-14-10-17(24-20(14)18)21-23-15(12-26)13-31-21/h3-6,9-11,15,24,26H,7-8,12-13H2,1-2H3/t15-/m0/s1. The number of aliphatic hydroxyl groups is 1. The summed E-state index contributed by atoms with van der Waals surface area (Å²) < 4.78 is 38.5. The fraction of sp³-hybridized carbons (Fsp3) is 0.333. The van der Waals surface area contributed by atoms with Crippen LogP contribution in [0.3, 0.4) is 0 Å². The van der Waals surface area contributed by atoms with Crippen LogP contribution in [0.1, 0.15) is 5.69 Å². The summed E-state index contributed by atoms with van der Waals surface area (Å²) >= 11 is 1.55. The van der Waals surface area contributed by atoms with Crippen LogP contribution in [-0.4, -0.2) is 74.3 Å². The van der Waals surface area contributed by atoms with Gasteiger partial charge in [-0.3, -0.25) is 9.30 Å². The van der Waals surface area contributed by atoms with E-state index in [2.05, 4.69) is 15.0 Å². The number of nitrogens with zero attached hydrogens (tertiary/aromatic N) is 3. The van der Waals surface area contributed by atoms with Gasteiger partial charge in [-0.2, -0.15) is 8.42 Å². The minimum atomic E-state index is -3.89. The van der Waals surface area contributed by atoms with E-state index in [4.69, 9.17) is 9.47 Å². The van der Waals surface area contributed by atoms with E-state index in [1.165, 1.54) is 23.6 Å². The maximum absolute atomic E-state index is 13.2. The van der Waals surface area contributed by atoms with Gasteiger partial charge in [-0.25, -0.2) is 4.98 Å². The number of thioether (sulfide) groups is 1. The minimum Gasteiger partial charge on any atom is -0.491 e. The smallest absolute Gasteiger partial charge is 0.281 e. The van der Waals surface area contributed by atoms with Crippen LogP contribution in [0.5, 0.6) is 5.75 Å². The lowest BCUT2D eigenvalue weighted by Gasteiger charge is -2.20. The second kappa shape index (κ2) is 9.49. The van der Waals surface area contributed by atoms with Crippen molar-refractivity contribution in [3.05, 3.63) is 48.3 Å². The molecule has 0 unspecified atom stereocenters. The molecular weight excluding hydrogens is 452 g/mol. The summed E-state index contributed by atoms with van der Waals surface area (Å²) in [5.74, 6) is 1.22. The molecule has 2 aromatic heterocycles. The van der Waals surface area contributed by atoms with Gasteiger partial charge in [0.2, 0.25) is 0 Å². The number of aliphatic hydroxyl groups excluding tert-OH is 1. The molecule has 0 amide bonds. The highest BCUT2D eigenvalue weighted by atomic mass is 32.2. The molecule has 32 heavy (non-hydrogen) atoms. The van der Waals surface area contributed by atoms with E-state index in [-0.39, 0.29) is 17.7 Å². The number of fused-ring (bicyclic) bond motifs is 1. The molecule has 0 bridgehead atoms. The Morgan fingerprint density at radius 2 is 2.12 bits per heavy atom. The number of ether oxygens (including phenoxy) is 2. The van der Waals surface area contributed by atoms with E-state index in [0.29, 0.717) is 35.9 Å². The fourth-order valence-corrected chi connectivity index (χ4v) is 5.46. The third-order valence-electron chi connectivity index (χ3n) is 4.99. The van der Waals surface area contributed by atoms with Crippen molar-refractivity contribution in [2.75, 3.05) is 44.0 Å². The molecule has 0 aliphatic carbocycles. The number of benzene rings is 1. The van der Waals surface area contributed by atoms with Crippen LogP contribution < -0.4 is 9.04 Å². The molecular formula is C21H24N4O5S2. The number of aromatic amines is 1. The van der Waals surface area contributed by atoms with Gasteiger partial charge in [0.25, 0.3) is 10.0 Å². The fourth-order valence-electron chi connectivity index (χ4n) is 3.31. The molecule has 3 heterocycles. The molecule has 0 radical (unpaired) electrons. The molecule has 170 valence electrons. The number of sulfonamides is 1. The maximum atomic E-state index is 13.2. The Bertz CT molecular complexity index is 1230. The van der Waals surface area contributed by atoms with E-state index in [1.54, 1.807) is 37.1 Å². The van der Waals surface area contributed by atoms with E-state index in [1.807, 2.05) is 12.1 Å². The van der Waals surface area contributed by atoms with Crippen LogP contribution in [0.15, 0.2) is 52.6 Å². The van der Waals surface area contributed by atoms with Crippen LogP contribution in [0.2, 0.25) is 0 Å². The van der Waals surface area contributed by atoms with Crippen LogP contribution in [0, 0.1) is 0 Å². The Labute approximate surface area is 190 Å². The van der Waals surface area contributed by atoms with Crippen molar-refractivity contribution in [3.63, 3.8) is 0 Å². The predicted molar refractivity (Wildman–Crippen MR) is 125 cm³/mol. The number of pyridine rings is 1. The Kier molecular flexibility index (Phi) is 6.70. The summed E-state index contributed by atoms with van der Waals surface area (Å²) in [4.78, 5) is 11.9. The maximum Gasteiger partial charge on any atom is 0.281 e. The van der Waals surface area contributed by atoms with Gasteiger partial charge in [-0.15, -0.1) is 11.8 Å². The molecule has 4 rings (SSSR count). The lowest BCUT2D eigenvalue weighted by Crippen LogP contribution is -2.27. The van der Waals surface area contributed by atoms with Gasteiger partial charge in [0.05, 0.1) is 36.2 Å². The highest BCUT2D eigenvalue weighted by Gasteiger charge is 2.26. The average molecular weight is 477 g/mol. The van der Waals surface area contributed by atoms with Crippen molar-refractivity contribution in [2.45, 2.75) is 11.1 Å². The van der Waals surface area contributed by atoms with Gasteiger partial charge in [0, 0.05) is 37.6 Å². The first-order valence-corrected chi connectivity index (χ1v) is 12.4. The van der Waals surface area contributed by atoms with Crippen molar-refractivity contribution in [3.8, 4) is 5.75 Å². The average Bonchev–Trinajstić information content (AvgIpc) is 3.45. The van der Waals surface area contributed by atoms with Crippen LogP contribution in [-0.2, 0) is 14.8 Å². The SMILES string of the molecule is COCCOc1cc(N(C)S(=O)(=O)c2ccccn2)c2[nH]c(C3=N[C@@H](CO)CS3)cc2c1. The predicted octanol–water partition coefficient (Wildman–Crippen LogP) is 2.27. The van der Waals surface area contributed by atoms with E-state index < -0.39 is 10.0 Å². The largest absolute Gasteiger partial charge is 0.491 e. The first-order chi connectivity index (χ1) is 15.4. The monoisotopic (exact) mass is 476 g/mol. The third kappa shape index (κ3) is 4.46. The molecule has 0 spiro atoms. The number of H-pyrrole nitrogens is 1. The van der Waals surface area contributed by atoms with Gasteiger partial charge in [0.1, 0.15) is 17.4 Å². The molecule has 1 aromatic carbocycles. The van der Waals surface area contributed by atoms with Crippen molar-refractivity contribution in [1.29, 1.82) is 0 Å². The third-order valence-corrected chi connectivity index (χ3v) is 7.83. The van der Waals surface area contributed by atoms with Crippen molar-refractivity contribution < 1.29 is 23.0 Å². The molecule has 0 saturated carbocycles. The number of nitrogens with one attached hydrogen (secondary N) is 1. The summed E-state index contributed by atoms with van der Waals surface area (Å²) in [7, 11) is -0.820. The second-order valence-electron chi connectivity index (χ2n) is 7.15. The van der Waals surface area contributed by atoms with Crippen LogP contribution in [0.25, 0.3) is 10.9 Å². The number of rotatable bonds is 9. The zero-order valence-electron chi connectivity index (χ0n) is 17.7. The van der Waals surface area contributed by atoms with Crippen LogP contribution in [0.4, 0.5) is 5.69 Å². The molecule has 1 aliphatic heterocycles. The Hall–Kier alpha value is -2.60. The lowest BCUT2D eigenvalue weighted by molar-refractivity contribution is 0.146. The van der Waals surface area contributed by atoms with Crippen molar-refractivity contribution in [1.82, 2.24) is 9.97 Å². The van der Waals surface area contributed by atoms with Crippen molar-refractivity contribution in [2.24, 2.45) is 4.99 Å². The van der Waals surface area contributed by atoms with Crippen LogP contribution >= 0.6 is 11.8 Å². The van der Waals surface area contributed by atoms with Gasteiger partial charge in [0.15, 0.2) is 5.03 Å².